The number of benzene rings is 1. The van der Waals surface area contributed by atoms with Gasteiger partial charge in [-0.1, -0.05) is 33.6 Å². The summed E-state index contributed by atoms with van der Waals surface area (Å²) in [5.74, 6) is 1.62. The third-order valence-electron chi connectivity index (χ3n) is 2.59. The Morgan fingerprint density at radius 2 is 2.00 bits per heavy atom. The molecule has 1 unspecified atom stereocenters. The number of ether oxygens (including phenoxy) is 2. The van der Waals surface area contributed by atoms with E-state index in [0.29, 0.717) is 5.02 Å². The largest absolute Gasteiger partial charge is 0.497 e. The molecule has 0 aliphatic carbocycles. The van der Waals surface area contributed by atoms with Crippen LogP contribution in [0.5, 0.6) is 11.5 Å². The molecular formula is C13H12BrClO2S. The maximum absolute atomic E-state index is 6.27. The van der Waals surface area contributed by atoms with Gasteiger partial charge < -0.3 is 9.47 Å². The fourth-order valence-electron chi connectivity index (χ4n) is 1.64. The zero-order valence-corrected chi connectivity index (χ0v) is 13.1. The van der Waals surface area contributed by atoms with Crippen LogP contribution in [-0.2, 0) is 0 Å². The van der Waals surface area contributed by atoms with Crippen molar-refractivity contribution in [2.75, 3.05) is 14.2 Å². The summed E-state index contributed by atoms with van der Waals surface area (Å²) >= 11 is 11.6. The highest BCUT2D eigenvalue weighted by atomic mass is 79.9. The number of rotatable bonds is 4. The molecule has 18 heavy (non-hydrogen) atoms. The van der Waals surface area contributed by atoms with Gasteiger partial charge in [0.25, 0.3) is 0 Å². The Morgan fingerprint density at radius 3 is 2.61 bits per heavy atom. The van der Waals surface area contributed by atoms with E-state index in [2.05, 4.69) is 15.9 Å². The van der Waals surface area contributed by atoms with Gasteiger partial charge >= 0.3 is 0 Å². The molecule has 0 saturated heterocycles. The van der Waals surface area contributed by atoms with E-state index >= 15 is 0 Å². The molecule has 1 aromatic carbocycles. The Labute approximate surface area is 124 Å². The van der Waals surface area contributed by atoms with Crippen molar-refractivity contribution in [3.05, 3.63) is 45.1 Å². The van der Waals surface area contributed by atoms with Crippen molar-refractivity contribution in [3.63, 3.8) is 0 Å². The van der Waals surface area contributed by atoms with Gasteiger partial charge in [0.05, 0.1) is 23.9 Å². The fraction of sp³-hybridized carbons (Fsp3) is 0.231. The normalized spacial score (nSPS) is 12.2. The maximum atomic E-state index is 6.27. The standard InChI is InChI=1S/C13H12BrClO2S/c1-16-8-3-4-9(10(15)7-8)12(14)13-11(17-2)5-6-18-13/h3-7,12H,1-2H3. The monoisotopic (exact) mass is 346 g/mol. The van der Waals surface area contributed by atoms with Gasteiger partial charge in [0.15, 0.2) is 0 Å². The van der Waals surface area contributed by atoms with Crippen LogP contribution in [0.2, 0.25) is 5.02 Å². The minimum absolute atomic E-state index is 0.0193. The molecule has 0 fully saturated rings. The minimum Gasteiger partial charge on any atom is -0.497 e. The summed E-state index contributed by atoms with van der Waals surface area (Å²) in [6, 6.07) is 7.62. The van der Waals surface area contributed by atoms with Gasteiger partial charge in [-0.05, 0) is 29.1 Å². The number of hydrogen-bond donors (Lipinski definition) is 0. The number of halogens is 2. The van der Waals surface area contributed by atoms with E-state index in [4.69, 9.17) is 21.1 Å². The highest BCUT2D eigenvalue weighted by molar-refractivity contribution is 9.09. The van der Waals surface area contributed by atoms with Gasteiger partial charge in [0.2, 0.25) is 0 Å². The van der Waals surface area contributed by atoms with Crippen LogP contribution in [0.15, 0.2) is 29.6 Å². The fourth-order valence-corrected chi connectivity index (χ4v) is 3.86. The molecule has 0 bridgehead atoms. The van der Waals surface area contributed by atoms with Crippen LogP contribution < -0.4 is 9.47 Å². The summed E-state index contributed by atoms with van der Waals surface area (Å²) in [6.07, 6.45) is 0. The van der Waals surface area contributed by atoms with Crippen molar-refractivity contribution in [1.29, 1.82) is 0 Å². The predicted octanol–water partition coefficient (Wildman–Crippen LogP) is 4.90. The molecule has 2 rings (SSSR count). The van der Waals surface area contributed by atoms with Gasteiger partial charge in [-0.2, -0.15) is 0 Å². The zero-order valence-electron chi connectivity index (χ0n) is 9.94. The highest BCUT2D eigenvalue weighted by Crippen LogP contribution is 2.43. The van der Waals surface area contributed by atoms with Crippen molar-refractivity contribution in [2.24, 2.45) is 0 Å². The van der Waals surface area contributed by atoms with E-state index in [1.807, 2.05) is 29.6 Å². The minimum atomic E-state index is 0.0193. The Kier molecular flexibility index (Phi) is 4.54. The molecule has 0 saturated carbocycles. The number of alkyl halides is 1. The predicted molar refractivity (Wildman–Crippen MR) is 79.6 cm³/mol. The summed E-state index contributed by atoms with van der Waals surface area (Å²) in [5.41, 5.74) is 0.998. The number of thiophene rings is 1. The first-order valence-electron chi connectivity index (χ1n) is 5.26. The number of hydrogen-bond acceptors (Lipinski definition) is 3. The summed E-state index contributed by atoms with van der Waals surface area (Å²) in [7, 11) is 3.29. The molecule has 0 N–H and O–H groups in total. The van der Waals surface area contributed by atoms with E-state index in [0.717, 1.165) is 21.9 Å². The molecule has 1 heterocycles. The van der Waals surface area contributed by atoms with Crippen molar-refractivity contribution < 1.29 is 9.47 Å². The Morgan fingerprint density at radius 1 is 1.22 bits per heavy atom. The van der Waals surface area contributed by atoms with Gasteiger partial charge in [-0.15, -0.1) is 11.3 Å². The molecular weight excluding hydrogens is 336 g/mol. The second kappa shape index (κ2) is 5.95. The first-order valence-corrected chi connectivity index (χ1v) is 7.43. The maximum Gasteiger partial charge on any atom is 0.134 e. The molecule has 2 aromatic rings. The lowest BCUT2D eigenvalue weighted by molar-refractivity contribution is 0.412. The van der Waals surface area contributed by atoms with E-state index < -0.39 is 0 Å². The molecule has 0 aliphatic heterocycles. The van der Waals surface area contributed by atoms with E-state index in [-0.39, 0.29) is 4.83 Å². The quantitative estimate of drug-likeness (QED) is 0.732. The first-order chi connectivity index (χ1) is 8.67. The molecule has 1 atom stereocenters. The van der Waals surface area contributed by atoms with Crippen LogP contribution in [0, 0.1) is 0 Å². The summed E-state index contributed by atoms with van der Waals surface area (Å²) in [6.45, 7) is 0. The molecule has 2 nitrogen and oxygen atoms in total. The van der Waals surface area contributed by atoms with Crippen molar-refractivity contribution in [3.8, 4) is 11.5 Å². The van der Waals surface area contributed by atoms with Crippen molar-refractivity contribution >= 4 is 38.9 Å². The van der Waals surface area contributed by atoms with Crippen LogP contribution in [0.3, 0.4) is 0 Å². The first kappa shape index (κ1) is 13.7. The lowest BCUT2D eigenvalue weighted by Gasteiger charge is -2.13. The average molecular weight is 348 g/mol. The highest BCUT2D eigenvalue weighted by Gasteiger charge is 2.19. The summed E-state index contributed by atoms with van der Waals surface area (Å²) in [4.78, 5) is 1.12. The molecule has 1 aromatic heterocycles. The van der Waals surface area contributed by atoms with Crippen molar-refractivity contribution in [1.82, 2.24) is 0 Å². The SMILES string of the molecule is COc1ccc(C(Br)c2sccc2OC)c(Cl)c1. The van der Waals surface area contributed by atoms with Crippen LogP contribution in [0.25, 0.3) is 0 Å². The topological polar surface area (TPSA) is 18.5 Å². The Balaban J connectivity index is 2.37. The average Bonchev–Trinajstić information content (AvgIpc) is 2.86. The van der Waals surface area contributed by atoms with Crippen LogP contribution in [-0.4, -0.2) is 14.2 Å². The van der Waals surface area contributed by atoms with Crippen LogP contribution in [0.4, 0.5) is 0 Å². The van der Waals surface area contributed by atoms with E-state index in [9.17, 15) is 0 Å². The lowest BCUT2D eigenvalue weighted by atomic mass is 10.1. The molecule has 0 amide bonds. The lowest BCUT2D eigenvalue weighted by Crippen LogP contribution is -1.95. The van der Waals surface area contributed by atoms with E-state index in [1.165, 1.54) is 0 Å². The second-order valence-corrected chi connectivity index (χ2v) is 5.87. The molecule has 96 valence electrons. The Hall–Kier alpha value is -0.710. The molecule has 0 radical (unpaired) electrons. The van der Waals surface area contributed by atoms with Gasteiger partial charge in [-0.25, -0.2) is 0 Å². The van der Waals surface area contributed by atoms with Crippen LogP contribution in [0.1, 0.15) is 15.3 Å². The van der Waals surface area contributed by atoms with E-state index in [1.54, 1.807) is 25.6 Å². The smallest absolute Gasteiger partial charge is 0.134 e. The van der Waals surface area contributed by atoms with Crippen LogP contribution >= 0.6 is 38.9 Å². The van der Waals surface area contributed by atoms with Gasteiger partial charge in [0.1, 0.15) is 11.5 Å². The van der Waals surface area contributed by atoms with Gasteiger partial charge in [0, 0.05) is 5.02 Å². The molecule has 0 spiro atoms. The zero-order chi connectivity index (χ0) is 13.1. The summed E-state index contributed by atoms with van der Waals surface area (Å²) < 4.78 is 10.5. The van der Waals surface area contributed by atoms with Gasteiger partial charge in [-0.3, -0.25) is 0 Å². The number of methoxy groups -OCH3 is 2. The third kappa shape index (κ3) is 2.66. The third-order valence-corrected chi connectivity index (χ3v) is 5.13. The summed E-state index contributed by atoms with van der Waals surface area (Å²) in [5, 5.41) is 2.67. The molecule has 0 aliphatic rings. The molecule has 5 heteroatoms. The van der Waals surface area contributed by atoms with Crippen molar-refractivity contribution in [2.45, 2.75) is 4.83 Å². The Bertz CT molecular complexity index is 542. The second-order valence-electron chi connectivity index (χ2n) is 3.60.